The summed E-state index contributed by atoms with van der Waals surface area (Å²) in [6.07, 6.45) is 0. The highest BCUT2D eigenvalue weighted by molar-refractivity contribution is 5.73. The summed E-state index contributed by atoms with van der Waals surface area (Å²) in [4.78, 5) is 32.1. The predicted molar refractivity (Wildman–Crippen MR) is 84.5 cm³/mol. The first-order valence-corrected chi connectivity index (χ1v) is 7.23. The lowest BCUT2D eigenvalue weighted by molar-refractivity contribution is 0.118. The van der Waals surface area contributed by atoms with Gasteiger partial charge in [0.05, 0.1) is 6.54 Å². The number of nitrogens with two attached hydrogens (primary N) is 1. The molecule has 1 aromatic rings. The summed E-state index contributed by atoms with van der Waals surface area (Å²) in [5.41, 5.74) is 5.73. The fraction of sp³-hybridized carbons (Fsp3) is 0.692. The first kappa shape index (κ1) is 16.2. The van der Waals surface area contributed by atoms with Gasteiger partial charge in [0.1, 0.15) is 5.82 Å². The van der Waals surface area contributed by atoms with Gasteiger partial charge in [-0.15, -0.1) is 0 Å². The summed E-state index contributed by atoms with van der Waals surface area (Å²) in [7, 11) is 7.27. The van der Waals surface area contributed by atoms with E-state index in [1.165, 1.54) is 0 Å². The molecule has 1 aromatic heterocycles. The van der Waals surface area contributed by atoms with Crippen molar-refractivity contribution in [3.05, 3.63) is 5.82 Å². The number of carbonyl (C=O) groups excluding carboxylic acids is 1. The molecule has 0 unspecified atom stereocenters. The number of aromatic nitrogens is 3. The highest BCUT2D eigenvalue weighted by atomic mass is 16.2. The molecule has 1 fully saturated rings. The van der Waals surface area contributed by atoms with Gasteiger partial charge in [-0.1, -0.05) is 0 Å². The number of amides is 2. The molecule has 1 saturated heterocycles. The van der Waals surface area contributed by atoms with Crippen LogP contribution in [0.3, 0.4) is 0 Å². The van der Waals surface area contributed by atoms with Crippen molar-refractivity contribution in [2.45, 2.75) is 6.54 Å². The summed E-state index contributed by atoms with van der Waals surface area (Å²) in [5, 5.41) is 0. The van der Waals surface area contributed by atoms with Gasteiger partial charge in [-0.05, 0) is 0 Å². The van der Waals surface area contributed by atoms with E-state index < -0.39 is 0 Å². The Balaban J connectivity index is 1.95. The van der Waals surface area contributed by atoms with E-state index in [0.717, 1.165) is 13.1 Å². The Kier molecular flexibility index (Phi) is 4.96. The van der Waals surface area contributed by atoms with Gasteiger partial charge >= 0.3 is 6.03 Å². The zero-order chi connectivity index (χ0) is 16.3. The molecule has 2 N–H and O–H groups in total. The van der Waals surface area contributed by atoms with Crippen LogP contribution in [0.4, 0.5) is 16.7 Å². The summed E-state index contributed by atoms with van der Waals surface area (Å²) in [6.45, 7) is 3.61. The van der Waals surface area contributed by atoms with Crippen molar-refractivity contribution in [1.82, 2.24) is 29.7 Å². The predicted octanol–water partition coefficient (Wildman–Crippen LogP) is -0.681. The lowest BCUT2D eigenvalue weighted by atomic mass is 10.3. The van der Waals surface area contributed by atoms with Gasteiger partial charge in [-0.25, -0.2) is 4.79 Å². The van der Waals surface area contributed by atoms with E-state index in [2.05, 4.69) is 19.9 Å². The van der Waals surface area contributed by atoms with Crippen LogP contribution in [0.25, 0.3) is 0 Å². The molecule has 0 aromatic carbocycles. The minimum atomic E-state index is 0.0546. The number of anilines is 2. The number of hydrogen-bond acceptors (Lipinski definition) is 7. The van der Waals surface area contributed by atoms with Crippen molar-refractivity contribution >= 4 is 17.9 Å². The molecule has 1 aliphatic rings. The third-order valence-corrected chi connectivity index (χ3v) is 3.48. The Labute approximate surface area is 130 Å². The number of piperazine rings is 1. The molecule has 2 rings (SSSR count). The van der Waals surface area contributed by atoms with E-state index in [0.29, 0.717) is 31.4 Å². The Hall–Kier alpha value is -2.16. The molecule has 0 atom stereocenters. The highest BCUT2D eigenvalue weighted by Gasteiger charge is 2.22. The zero-order valence-corrected chi connectivity index (χ0v) is 13.7. The molecule has 0 spiro atoms. The molecule has 22 heavy (non-hydrogen) atoms. The maximum atomic E-state index is 11.9. The van der Waals surface area contributed by atoms with Crippen LogP contribution in [0.2, 0.25) is 0 Å². The third kappa shape index (κ3) is 3.94. The monoisotopic (exact) mass is 308 g/mol. The number of urea groups is 1. The molecular formula is C13H24N8O. The van der Waals surface area contributed by atoms with Crippen molar-refractivity contribution < 1.29 is 4.79 Å². The van der Waals surface area contributed by atoms with Crippen LogP contribution in [-0.2, 0) is 6.54 Å². The Bertz CT molecular complexity index is 525. The van der Waals surface area contributed by atoms with Crippen molar-refractivity contribution in [3.63, 3.8) is 0 Å². The lowest BCUT2D eigenvalue weighted by Crippen LogP contribution is -2.51. The smallest absolute Gasteiger partial charge is 0.319 e. The number of rotatable bonds is 3. The maximum absolute atomic E-state index is 11.9. The quantitative estimate of drug-likeness (QED) is 0.790. The summed E-state index contributed by atoms with van der Waals surface area (Å²) < 4.78 is 0. The highest BCUT2D eigenvalue weighted by Crippen LogP contribution is 2.10. The van der Waals surface area contributed by atoms with Gasteiger partial charge < -0.3 is 20.4 Å². The Morgan fingerprint density at radius 1 is 1.09 bits per heavy atom. The molecule has 2 amide bonds. The molecule has 0 aliphatic carbocycles. The Morgan fingerprint density at radius 2 is 1.73 bits per heavy atom. The average molecular weight is 308 g/mol. The molecule has 1 aliphatic heterocycles. The van der Waals surface area contributed by atoms with Gasteiger partial charge in [0.15, 0.2) is 0 Å². The van der Waals surface area contributed by atoms with Crippen molar-refractivity contribution in [3.8, 4) is 0 Å². The fourth-order valence-electron chi connectivity index (χ4n) is 2.28. The molecule has 0 saturated carbocycles. The zero-order valence-electron chi connectivity index (χ0n) is 13.7. The van der Waals surface area contributed by atoms with Crippen LogP contribution in [0.5, 0.6) is 0 Å². The van der Waals surface area contributed by atoms with Crippen LogP contribution < -0.4 is 10.6 Å². The molecule has 122 valence electrons. The van der Waals surface area contributed by atoms with Gasteiger partial charge in [0, 0.05) is 54.4 Å². The summed E-state index contributed by atoms with van der Waals surface area (Å²) >= 11 is 0. The second-order valence-electron chi connectivity index (χ2n) is 5.74. The van der Waals surface area contributed by atoms with Gasteiger partial charge in [-0.2, -0.15) is 15.0 Å². The second kappa shape index (κ2) is 6.73. The standard InChI is InChI=1S/C13H24N8O/c1-18(2)12-16-10(15-11(14)17-12)9-20-5-7-21(8-6-20)13(22)19(3)4/h5-9H2,1-4H3,(H2,14,15,16,17). The molecule has 9 nitrogen and oxygen atoms in total. The fourth-order valence-corrected chi connectivity index (χ4v) is 2.28. The van der Waals surface area contributed by atoms with Gasteiger partial charge in [0.25, 0.3) is 0 Å². The number of nitrogen functional groups attached to an aromatic ring is 1. The first-order chi connectivity index (χ1) is 10.4. The topological polar surface area (TPSA) is 94.7 Å². The molecule has 0 radical (unpaired) electrons. The number of nitrogens with zero attached hydrogens (tertiary/aromatic N) is 7. The third-order valence-electron chi connectivity index (χ3n) is 3.48. The number of hydrogen-bond donors (Lipinski definition) is 1. The van der Waals surface area contributed by atoms with E-state index >= 15 is 0 Å². The Morgan fingerprint density at radius 3 is 2.27 bits per heavy atom. The minimum absolute atomic E-state index is 0.0546. The molecular weight excluding hydrogens is 284 g/mol. The SMILES string of the molecule is CN(C)C(=O)N1CCN(Cc2nc(N)nc(N(C)C)n2)CC1. The van der Waals surface area contributed by atoms with Gasteiger partial charge in [0.2, 0.25) is 11.9 Å². The van der Waals surface area contributed by atoms with Crippen LogP contribution in [0.1, 0.15) is 5.82 Å². The molecule has 2 heterocycles. The van der Waals surface area contributed by atoms with E-state index in [-0.39, 0.29) is 12.0 Å². The molecule has 0 bridgehead atoms. The largest absolute Gasteiger partial charge is 0.368 e. The van der Waals surface area contributed by atoms with Crippen molar-refractivity contribution in [2.24, 2.45) is 0 Å². The second-order valence-corrected chi connectivity index (χ2v) is 5.74. The normalized spacial score (nSPS) is 15.7. The minimum Gasteiger partial charge on any atom is -0.368 e. The van der Waals surface area contributed by atoms with Crippen molar-refractivity contribution in [2.75, 3.05) is 65.0 Å². The van der Waals surface area contributed by atoms with E-state index in [1.54, 1.807) is 23.9 Å². The number of carbonyl (C=O) groups is 1. The van der Waals surface area contributed by atoms with E-state index in [9.17, 15) is 4.79 Å². The van der Waals surface area contributed by atoms with E-state index in [1.807, 2.05) is 19.0 Å². The first-order valence-electron chi connectivity index (χ1n) is 7.23. The van der Waals surface area contributed by atoms with Crippen LogP contribution in [0, 0.1) is 0 Å². The van der Waals surface area contributed by atoms with Crippen LogP contribution in [0.15, 0.2) is 0 Å². The van der Waals surface area contributed by atoms with Crippen LogP contribution in [-0.4, -0.2) is 90.1 Å². The summed E-state index contributed by atoms with van der Waals surface area (Å²) in [5.74, 6) is 1.45. The van der Waals surface area contributed by atoms with Crippen molar-refractivity contribution in [1.29, 1.82) is 0 Å². The van der Waals surface area contributed by atoms with Gasteiger partial charge in [-0.3, -0.25) is 4.90 Å². The summed E-state index contributed by atoms with van der Waals surface area (Å²) in [6, 6.07) is 0.0546. The lowest BCUT2D eigenvalue weighted by Gasteiger charge is -2.35. The molecule has 9 heteroatoms. The van der Waals surface area contributed by atoms with Crippen LogP contribution >= 0.6 is 0 Å². The average Bonchev–Trinajstić information content (AvgIpc) is 2.46. The maximum Gasteiger partial charge on any atom is 0.319 e. The van der Waals surface area contributed by atoms with E-state index in [4.69, 9.17) is 5.73 Å².